The summed E-state index contributed by atoms with van der Waals surface area (Å²) in [6.07, 6.45) is 0. The summed E-state index contributed by atoms with van der Waals surface area (Å²) in [5, 5.41) is 0.850. The Labute approximate surface area is 118 Å². The van der Waals surface area contributed by atoms with Gasteiger partial charge in [-0.2, -0.15) is 0 Å². The molecule has 0 radical (unpaired) electrons. The number of halogens is 1. The van der Waals surface area contributed by atoms with E-state index >= 15 is 0 Å². The van der Waals surface area contributed by atoms with Gasteiger partial charge in [0.05, 0.1) is 4.88 Å². The molecular formula is C15H11FO3S. The number of thiophene rings is 1. The van der Waals surface area contributed by atoms with Crippen LogP contribution >= 0.6 is 11.3 Å². The summed E-state index contributed by atoms with van der Waals surface area (Å²) in [4.78, 5) is 12.8. The van der Waals surface area contributed by atoms with Gasteiger partial charge in [-0.15, -0.1) is 11.3 Å². The third kappa shape index (κ3) is 2.37. The fourth-order valence-electron chi connectivity index (χ4n) is 1.96. The molecule has 0 unspecified atom stereocenters. The Morgan fingerprint density at radius 1 is 1.30 bits per heavy atom. The fourth-order valence-corrected chi connectivity index (χ4v) is 2.99. The molecule has 5 heteroatoms. The van der Waals surface area contributed by atoms with Crippen molar-refractivity contribution in [3.8, 4) is 0 Å². The first-order valence-electron chi connectivity index (χ1n) is 5.99. The Hall–Kier alpha value is -1.98. The monoisotopic (exact) mass is 290 g/mol. The number of methoxy groups -OCH3 is 1. The molecule has 0 aliphatic carbocycles. The van der Waals surface area contributed by atoms with Gasteiger partial charge in [0.15, 0.2) is 5.76 Å². The zero-order valence-electron chi connectivity index (χ0n) is 10.7. The molecule has 1 aromatic carbocycles. The highest BCUT2D eigenvalue weighted by Crippen LogP contribution is 2.28. The highest BCUT2D eigenvalue weighted by atomic mass is 32.1. The number of hydrogen-bond acceptors (Lipinski definition) is 4. The Bertz CT molecular complexity index is 772. The highest BCUT2D eigenvalue weighted by Gasteiger charge is 2.16. The molecule has 0 N–H and O–H groups in total. The summed E-state index contributed by atoms with van der Waals surface area (Å²) in [5.74, 6) is 0.361. The Balaban J connectivity index is 1.94. The number of benzene rings is 1. The number of ether oxygens (including phenoxy) is 1. The van der Waals surface area contributed by atoms with Crippen molar-refractivity contribution in [1.82, 2.24) is 0 Å². The number of rotatable bonds is 4. The van der Waals surface area contributed by atoms with E-state index in [2.05, 4.69) is 0 Å². The minimum atomic E-state index is -0.307. The molecule has 0 bridgehead atoms. The molecule has 0 aliphatic heterocycles. The minimum Gasteiger partial charge on any atom is -0.455 e. The maximum atomic E-state index is 13.1. The normalized spacial score (nSPS) is 11.1. The van der Waals surface area contributed by atoms with E-state index in [1.54, 1.807) is 31.4 Å². The van der Waals surface area contributed by atoms with Crippen molar-refractivity contribution < 1.29 is 18.3 Å². The van der Waals surface area contributed by atoms with Gasteiger partial charge in [0, 0.05) is 11.8 Å². The zero-order chi connectivity index (χ0) is 14.1. The molecule has 0 fully saturated rings. The quantitative estimate of drug-likeness (QED) is 0.681. The fraction of sp³-hybridized carbons (Fsp3) is 0.133. The summed E-state index contributed by atoms with van der Waals surface area (Å²) in [6.45, 7) is 0.324. The molecule has 102 valence electrons. The average Bonchev–Trinajstić information content (AvgIpc) is 3.04. The lowest BCUT2D eigenvalue weighted by Crippen LogP contribution is -1.95. The van der Waals surface area contributed by atoms with Gasteiger partial charge in [-0.25, -0.2) is 4.39 Å². The molecule has 0 aliphatic rings. The predicted molar refractivity (Wildman–Crippen MR) is 74.6 cm³/mol. The van der Waals surface area contributed by atoms with Crippen molar-refractivity contribution in [2.45, 2.75) is 6.61 Å². The van der Waals surface area contributed by atoms with E-state index in [-0.39, 0.29) is 17.4 Å². The van der Waals surface area contributed by atoms with Crippen molar-refractivity contribution >= 4 is 27.2 Å². The zero-order valence-corrected chi connectivity index (χ0v) is 11.5. The topological polar surface area (TPSA) is 39.4 Å². The van der Waals surface area contributed by atoms with Crippen molar-refractivity contribution in [1.29, 1.82) is 0 Å². The second kappa shape index (κ2) is 5.19. The summed E-state index contributed by atoms with van der Waals surface area (Å²) in [5.41, 5.74) is 0. The summed E-state index contributed by atoms with van der Waals surface area (Å²) in [7, 11) is 1.56. The lowest BCUT2D eigenvalue weighted by molar-refractivity contribution is 0.100. The molecule has 0 amide bonds. The summed E-state index contributed by atoms with van der Waals surface area (Å²) < 4.78 is 24.3. The molecule has 0 spiro atoms. The maximum Gasteiger partial charge on any atom is 0.238 e. The van der Waals surface area contributed by atoms with Crippen LogP contribution in [0.25, 0.3) is 10.1 Å². The number of carbonyl (C=O) groups excluding carboxylic acids is 1. The first-order valence-corrected chi connectivity index (χ1v) is 6.80. The molecule has 20 heavy (non-hydrogen) atoms. The number of fused-ring (bicyclic) bond motifs is 1. The van der Waals surface area contributed by atoms with Gasteiger partial charge >= 0.3 is 0 Å². The van der Waals surface area contributed by atoms with E-state index in [1.807, 2.05) is 0 Å². The largest absolute Gasteiger partial charge is 0.455 e. The van der Waals surface area contributed by atoms with Crippen molar-refractivity contribution in [3.05, 3.63) is 58.6 Å². The molecule has 0 saturated carbocycles. The Morgan fingerprint density at radius 2 is 2.15 bits per heavy atom. The predicted octanol–water partition coefficient (Wildman–Crippen LogP) is 4.01. The molecule has 0 atom stereocenters. The van der Waals surface area contributed by atoms with Crippen molar-refractivity contribution in [2.24, 2.45) is 0 Å². The number of hydrogen-bond donors (Lipinski definition) is 0. The Kier molecular flexibility index (Phi) is 3.38. The van der Waals surface area contributed by atoms with E-state index in [0.717, 1.165) is 10.1 Å². The average molecular weight is 290 g/mol. The molecule has 2 heterocycles. The van der Waals surface area contributed by atoms with E-state index in [4.69, 9.17) is 9.15 Å². The van der Waals surface area contributed by atoms with E-state index in [9.17, 15) is 9.18 Å². The van der Waals surface area contributed by atoms with Crippen LogP contribution in [0.4, 0.5) is 4.39 Å². The van der Waals surface area contributed by atoms with Crippen LogP contribution in [0.15, 0.2) is 40.8 Å². The van der Waals surface area contributed by atoms with Gasteiger partial charge < -0.3 is 9.15 Å². The van der Waals surface area contributed by atoms with Gasteiger partial charge in [0.2, 0.25) is 5.78 Å². The molecule has 3 nitrogen and oxygen atoms in total. The summed E-state index contributed by atoms with van der Waals surface area (Å²) >= 11 is 1.26. The van der Waals surface area contributed by atoms with Crippen LogP contribution < -0.4 is 0 Å². The van der Waals surface area contributed by atoms with Gasteiger partial charge in [-0.3, -0.25) is 4.79 Å². The van der Waals surface area contributed by atoms with Crippen LogP contribution in [0.3, 0.4) is 0 Å². The molecule has 3 rings (SSSR count). The van der Waals surface area contributed by atoms with Gasteiger partial charge in [0.25, 0.3) is 0 Å². The van der Waals surface area contributed by atoms with Gasteiger partial charge in [0.1, 0.15) is 18.2 Å². The van der Waals surface area contributed by atoms with E-state index < -0.39 is 0 Å². The number of ketones is 1. The third-order valence-corrected chi connectivity index (χ3v) is 3.97. The van der Waals surface area contributed by atoms with E-state index in [1.165, 1.54) is 23.5 Å². The SMILES string of the molecule is COCc1ccc(C(=O)c2cc3ccc(F)cc3s2)o1. The van der Waals surface area contributed by atoms with Crippen molar-refractivity contribution in [2.75, 3.05) is 7.11 Å². The molecule has 2 aromatic heterocycles. The second-order valence-electron chi connectivity index (χ2n) is 4.32. The molecular weight excluding hydrogens is 279 g/mol. The van der Waals surface area contributed by atoms with Crippen LogP contribution in [-0.4, -0.2) is 12.9 Å². The third-order valence-electron chi connectivity index (χ3n) is 2.88. The van der Waals surface area contributed by atoms with Crippen LogP contribution in [0, 0.1) is 5.82 Å². The lowest BCUT2D eigenvalue weighted by atomic mass is 10.2. The van der Waals surface area contributed by atoms with Gasteiger partial charge in [-0.1, -0.05) is 6.07 Å². The van der Waals surface area contributed by atoms with Crippen LogP contribution in [-0.2, 0) is 11.3 Å². The second-order valence-corrected chi connectivity index (χ2v) is 5.40. The molecule has 0 saturated heterocycles. The van der Waals surface area contributed by atoms with E-state index in [0.29, 0.717) is 17.2 Å². The smallest absolute Gasteiger partial charge is 0.238 e. The minimum absolute atomic E-state index is 0.200. The maximum absolute atomic E-state index is 13.1. The van der Waals surface area contributed by atoms with Crippen LogP contribution in [0.2, 0.25) is 0 Å². The Morgan fingerprint density at radius 3 is 2.95 bits per heavy atom. The standard InChI is InChI=1S/C15H11FO3S/c1-18-8-11-4-5-12(19-11)15(17)14-6-9-2-3-10(16)7-13(9)20-14/h2-7H,8H2,1H3. The number of furan rings is 1. The summed E-state index contributed by atoms with van der Waals surface area (Å²) in [6, 6.07) is 9.56. The van der Waals surface area contributed by atoms with Crippen molar-refractivity contribution in [3.63, 3.8) is 0 Å². The first kappa shape index (κ1) is 13.0. The first-order chi connectivity index (χ1) is 9.67. The van der Waals surface area contributed by atoms with Gasteiger partial charge in [-0.05, 0) is 35.7 Å². The molecule has 3 aromatic rings. The lowest BCUT2D eigenvalue weighted by Gasteiger charge is -1.94. The van der Waals surface area contributed by atoms with Crippen LogP contribution in [0.1, 0.15) is 21.2 Å². The highest BCUT2D eigenvalue weighted by molar-refractivity contribution is 7.21. The number of carbonyl (C=O) groups is 1. The van der Waals surface area contributed by atoms with Crippen LogP contribution in [0.5, 0.6) is 0 Å².